The second kappa shape index (κ2) is 4.70. The topological polar surface area (TPSA) is 46.3 Å². The van der Waals surface area contributed by atoms with Gasteiger partial charge in [0.1, 0.15) is 0 Å². The third kappa shape index (κ3) is 2.28. The molecule has 0 aliphatic rings. The highest BCUT2D eigenvalue weighted by Crippen LogP contribution is 2.27. The van der Waals surface area contributed by atoms with Gasteiger partial charge in [0.15, 0.2) is 0 Å². The second-order valence-electron chi connectivity index (χ2n) is 3.72. The van der Waals surface area contributed by atoms with Crippen LogP contribution in [0.3, 0.4) is 0 Å². The van der Waals surface area contributed by atoms with Crippen molar-refractivity contribution in [3.05, 3.63) is 60.2 Å². The van der Waals surface area contributed by atoms with E-state index in [1.54, 1.807) is 24.3 Å². The molecular weight excluding hydrogens is 212 g/mol. The van der Waals surface area contributed by atoms with Crippen molar-refractivity contribution in [2.45, 2.75) is 6.92 Å². The van der Waals surface area contributed by atoms with Crippen LogP contribution in [0.4, 0.5) is 16.2 Å². The molecule has 2 N–H and O–H groups in total. The van der Waals surface area contributed by atoms with E-state index in [1.165, 1.54) is 4.90 Å². The van der Waals surface area contributed by atoms with Crippen molar-refractivity contribution in [2.24, 2.45) is 5.73 Å². The predicted molar refractivity (Wildman–Crippen MR) is 68.2 cm³/mol. The smallest absolute Gasteiger partial charge is 0.323 e. The summed E-state index contributed by atoms with van der Waals surface area (Å²) < 4.78 is 0. The van der Waals surface area contributed by atoms with Crippen LogP contribution in [-0.2, 0) is 0 Å². The molecule has 2 rings (SSSR count). The van der Waals surface area contributed by atoms with Crippen molar-refractivity contribution in [1.29, 1.82) is 0 Å². The van der Waals surface area contributed by atoms with E-state index in [9.17, 15) is 4.79 Å². The molecule has 0 aliphatic heterocycles. The third-order valence-corrected chi connectivity index (χ3v) is 2.54. The number of anilines is 2. The number of hydrogen-bond acceptors (Lipinski definition) is 1. The average Bonchev–Trinajstić information content (AvgIpc) is 2.33. The number of urea groups is 1. The fourth-order valence-electron chi connectivity index (χ4n) is 1.73. The lowest BCUT2D eigenvalue weighted by Crippen LogP contribution is -2.31. The minimum Gasteiger partial charge on any atom is -0.351 e. The van der Waals surface area contributed by atoms with Crippen molar-refractivity contribution < 1.29 is 4.79 Å². The minimum atomic E-state index is -0.495. The number of para-hydroxylation sites is 1. The largest absolute Gasteiger partial charge is 0.351 e. The number of primary amides is 1. The first-order valence-corrected chi connectivity index (χ1v) is 5.31. The van der Waals surface area contributed by atoms with Crippen LogP contribution < -0.4 is 10.6 Å². The molecule has 0 heterocycles. The van der Waals surface area contributed by atoms with Gasteiger partial charge in [-0.1, -0.05) is 30.3 Å². The van der Waals surface area contributed by atoms with E-state index in [4.69, 9.17) is 5.73 Å². The summed E-state index contributed by atoms with van der Waals surface area (Å²) in [5.41, 5.74) is 7.98. The van der Waals surface area contributed by atoms with E-state index in [1.807, 2.05) is 31.2 Å². The molecule has 0 aliphatic carbocycles. The van der Waals surface area contributed by atoms with Crippen molar-refractivity contribution >= 4 is 17.4 Å². The van der Waals surface area contributed by atoms with E-state index in [0.717, 1.165) is 16.9 Å². The summed E-state index contributed by atoms with van der Waals surface area (Å²) >= 11 is 0. The summed E-state index contributed by atoms with van der Waals surface area (Å²) in [7, 11) is 0. The zero-order valence-corrected chi connectivity index (χ0v) is 9.55. The van der Waals surface area contributed by atoms with Gasteiger partial charge in [-0.3, -0.25) is 4.90 Å². The molecule has 0 saturated carbocycles. The van der Waals surface area contributed by atoms with Crippen LogP contribution >= 0.6 is 0 Å². The highest BCUT2D eigenvalue weighted by Gasteiger charge is 2.15. The summed E-state index contributed by atoms with van der Waals surface area (Å²) in [6.45, 7) is 1.94. The monoisotopic (exact) mass is 225 g/mol. The van der Waals surface area contributed by atoms with Gasteiger partial charge in [0.05, 0.1) is 11.4 Å². The highest BCUT2D eigenvalue weighted by atomic mass is 16.2. The lowest BCUT2D eigenvalue weighted by Gasteiger charge is -2.22. The molecule has 0 aromatic heterocycles. The van der Waals surface area contributed by atoms with Crippen LogP contribution in [0.5, 0.6) is 0 Å². The molecule has 0 spiro atoms. The van der Waals surface area contributed by atoms with E-state index >= 15 is 0 Å². The number of benzene rings is 2. The van der Waals surface area contributed by atoms with Gasteiger partial charge >= 0.3 is 6.03 Å². The maximum Gasteiger partial charge on any atom is 0.323 e. The van der Waals surface area contributed by atoms with Crippen LogP contribution in [0.15, 0.2) is 48.5 Å². The Morgan fingerprint density at radius 2 is 1.82 bits per heavy atom. The van der Waals surface area contributed by atoms with Crippen molar-refractivity contribution in [3.63, 3.8) is 0 Å². The summed E-state index contributed by atoms with van der Waals surface area (Å²) in [6, 6.07) is 17.2. The van der Waals surface area contributed by atoms with Crippen molar-refractivity contribution in [3.8, 4) is 0 Å². The Morgan fingerprint density at radius 3 is 2.41 bits per heavy atom. The molecule has 0 bridgehead atoms. The van der Waals surface area contributed by atoms with E-state index in [0.29, 0.717) is 0 Å². The molecule has 2 amide bonds. The number of nitrogens with zero attached hydrogens (tertiary/aromatic N) is 1. The second-order valence-corrected chi connectivity index (χ2v) is 3.72. The van der Waals surface area contributed by atoms with Crippen LogP contribution in [0.25, 0.3) is 0 Å². The molecule has 0 fully saturated rings. The Kier molecular flexibility index (Phi) is 3.10. The molecule has 0 saturated heterocycles. The number of amides is 2. The first kappa shape index (κ1) is 11.2. The molecule has 85 valence electrons. The minimum absolute atomic E-state index is 0.495. The SMILES string of the molecule is Cc1ccccc1N(C(N)=O)c1cc[c]cc1. The first-order chi connectivity index (χ1) is 8.20. The van der Waals surface area contributed by atoms with E-state index in [2.05, 4.69) is 6.07 Å². The summed E-state index contributed by atoms with van der Waals surface area (Å²) in [5, 5.41) is 0. The fraction of sp³-hybridized carbons (Fsp3) is 0.0714. The fourth-order valence-corrected chi connectivity index (χ4v) is 1.73. The zero-order valence-electron chi connectivity index (χ0n) is 9.55. The van der Waals surface area contributed by atoms with Crippen LogP contribution in [0.2, 0.25) is 0 Å². The molecule has 3 nitrogen and oxygen atoms in total. The number of hydrogen-bond donors (Lipinski definition) is 1. The van der Waals surface area contributed by atoms with Crippen LogP contribution in [0, 0.1) is 13.0 Å². The van der Waals surface area contributed by atoms with E-state index < -0.39 is 6.03 Å². The molecule has 0 atom stereocenters. The normalized spacial score (nSPS) is 9.94. The van der Waals surface area contributed by atoms with Crippen LogP contribution in [-0.4, -0.2) is 6.03 Å². The average molecular weight is 225 g/mol. The molecular formula is C14H13N2O. The van der Waals surface area contributed by atoms with E-state index in [-0.39, 0.29) is 0 Å². The Morgan fingerprint density at radius 1 is 1.18 bits per heavy atom. The Labute approximate surface area is 100 Å². The predicted octanol–water partition coefficient (Wildman–Crippen LogP) is 3.01. The number of aryl methyl sites for hydroxylation is 1. The van der Waals surface area contributed by atoms with Crippen molar-refractivity contribution in [2.75, 3.05) is 4.90 Å². The molecule has 0 unspecified atom stereocenters. The van der Waals surface area contributed by atoms with Gasteiger partial charge in [-0.15, -0.1) is 0 Å². The molecule has 1 radical (unpaired) electrons. The molecule has 2 aromatic rings. The molecule has 2 aromatic carbocycles. The van der Waals surface area contributed by atoms with Gasteiger partial charge < -0.3 is 5.73 Å². The third-order valence-electron chi connectivity index (χ3n) is 2.54. The quantitative estimate of drug-likeness (QED) is 0.839. The summed E-state index contributed by atoms with van der Waals surface area (Å²) in [6.07, 6.45) is 0. The summed E-state index contributed by atoms with van der Waals surface area (Å²) in [5.74, 6) is 0. The maximum atomic E-state index is 11.6. The number of carbonyl (C=O) groups is 1. The van der Waals surface area contributed by atoms with Gasteiger partial charge in [0.2, 0.25) is 0 Å². The van der Waals surface area contributed by atoms with Crippen LogP contribution in [0.1, 0.15) is 5.56 Å². The van der Waals surface area contributed by atoms with Gasteiger partial charge in [-0.2, -0.15) is 0 Å². The Hall–Kier alpha value is -2.29. The lowest BCUT2D eigenvalue weighted by molar-refractivity contribution is 0.256. The number of rotatable bonds is 2. The van der Waals surface area contributed by atoms with Gasteiger partial charge in [-0.25, -0.2) is 4.79 Å². The van der Waals surface area contributed by atoms with Gasteiger partial charge in [0, 0.05) is 0 Å². The molecule has 3 heteroatoms. The number of carbonyl (C=O) groups excluding carboxylic acids is 1. The Bertz CT molecular complexity index is 523. The summed E-state index contributed by atoms with van der Waals surface area (Å²) in [4.78, 5) is 13.1. The standard InChI is InChI=1S/C14H13N2O/c1-11-7-5-6-10-13(11)16(14(15)17)12-8-3-2-4-9-12/h3-10H,1H3,(H2,15,17). The maximum absolute atomic E-state index is 11.6. The Balaban J connectivity index is 2.51. The highest BCUT2D eigenvalue weighted by molar-refractivity contribution is 5.99. The van der Waals surface area contributed by atoms with Crippen molar-refractivity contribution in [1.82, 2.24) is 0 Å². The number of nitrogens with two attached hydrogens (primary N) is 1. The van der Waals surface area contributed by atoms with Gasteiger partial charge in [0.25, 0.3) is 0 Å². The zero-order chi connectivity index (χ0) is 12.3. The molecule has 17 heavy (non-hydrogen) atoms. The van der Waals surface area contributed by atoms with Gasteiger partial charge in [-0.05, 0) is 36.8 Å². The first-order valence-electron chi connectivity index (χ1n) is 5.31. The lowest BCUT2D eigenvalue weighted by atomic mass is 10.1.